The molecule has 1 aromatic heterocycles. The zero-order valence-corrected chi connectivity index (χ0v) is 17.7. The topological polar surface area (TPSA) is 75.7 Å². The van der Waals surface area contributed by atoms with E-state index in [1.54, 1.807) is 11.8 Å². The lowest BCUT2D eigenvalue weighted by atomic mass is 10.1. The zero-order chi connectivity index (χ0) is 20.3. The highest BCUT2D eigenvalue weighted by molar-refractivity contribution is 8.00. The number of nitrogens with zero attached hydrogens (tertiary/aromatic N) is 1. The highest BCUT2D eigenvalue weighted by Crippen LogP contribution is 2.35. The lowest BCUT2D eigenvalue weighted by Crippen LogP contribution is -2.37. The van der Waals surface area contributed by atoms with Crippen molar-refractivity contribution in [3.8, 4) is 0 Å². The first-order valence-electron chi connectivity index (χ1n) is 9.01. The van der Waals surface area contributed by atoms with Crippen molar-refractivity contribution >= 4 is 51.6 Å². The summed E-state index contributed by atoms with van der Waals surface area (Å²) in [4.78, 5) is 40.7. The summed E-state index contributed by atoms with van der Waals surface area (Å²) in [6, 6.07) is 7.68. The Bertz CT molecular complexity index is 923. The fourth-order valence-electron chi connectivity index (χ4n) is 2.97. The first kappa shape index (κ1) is 20.4. The Hall–Kier alpha value is -2.32. The van der Waals surface area contributed by atoms with Gasteiger partial charge in [-0.25, -0.2) is 4.79 Å². The Morgan fingerprint density at radius 3 is 2.75 bits per heavy atom. The molecule has 0 atom stereocenters. The van der Waals surface area contributed by atoms with Crippen LogP contribution in [0, 0.1) is 13.8 Å². The molecule has 0 aliphatic carbocycles. The minimum absolute atomic E-state index is 0.00785. The SMILES string of the molecule is CCOC(=O)c1c(NC(=O)CCN2C(=O)CSc3ccccc32)sc(C)c1C. The van der Waals surface area contributed by atoms with Crippen LogP contribution in [0.5, 0.6) is 0 Å². The van der Waals surface area contributed by atoms with Crippen LogP contribution in [-0.2, 0) is 14.3 Å². The molecule has 2 heterocycles. The van der Waals surface area contributed by atoms with Crippen LogP contribution in [0.25, 0.3) is 0 Å². The van der Waals surface area contributed by atoms with Gasteiger partial charge in [-0.2, -0.15) is 0 Å². The fraction of sp³-hybridized carbons (Fsp3) is 0.350. The monoisotopic (exact) mass is 418 g/mol. The number of hydrogen-bond acceptors (Lipinski definition) is 6. The van der Waals surface area contributed by atoms with Gasteiger partial charge >= 0.3 is 5.97 Å². The van der Waals surface area contributed by atoms with Crippen LogP contribution in [-0.4, -0.2) is 36.7 Å². The van der Waals surface area contributed by atoms with Crippen LogP contribution in [0.4, 0.5) is 10.7 Å². The maximum atomic E-state index is 12.5. The number of amides is 2. The van der Waals surface area contributed by atoms with Gasteiger partial charge in [0.1, 0.15) is 5.00 Å². The van der Waals surface area contributed by atoms with Crippen molar-refractivity contribution in [1.29, 1.82) is 0 Å². The summed E-state index contributed by atoms with van der Waals surface area (Å²) in [5.41, 5.74) is 2.07. The Kier molecular flexibility index (Phi) is 6.41. The van der Waals surface area contributed by atoms with Gasteiger partial charge in [0.25, 0.3) is 0 Å². The quantitative estimate of drug-likeness (QED) is 0.718. The summed E-state index contributed by atoms with van der Waals surface area (Å²) in [6.07, 6.45) is 0.142. The Morgan fingerprint density at radius 2 is 2.00 bits per heavy atom. The van der Waals surface area contributed by atoms with Crippen molar-refractivity contribution in [2.24, 2.45) is 0 Å². The number of carbonyl (C=O) groups is 3. The number of esters is 1. The van der Waals surface area contributed by atoms with Crippen molar-refractivity contribution in [1.82, 2.24) is 0 Å². The first-order valence-corrected chi connectivity index (χ1v) is 10.8. The number of para-hydroxylation sites is 1. The summed E-state index contributed by atoms with van der Waals surface area (Å²) >= 11 is 2.87. The van der Waals surface area contributed by atoms with Crippen LogP contribution in [0.3, 0.4) is 0 Å². The largest absolute Gasteiger partial charge is 0.462 e. The number of ether oxygens (including phenoxy) is 1. The molecule has 2 amide bonds. The molecule has 0 fully saturated rings. The van der Waals surface area contributed by atoms with Crippen LogP contribution < -0.4 is 10.2 Å². The molecule has 0 saturated heterocycles. The van der Waals surface area contributed by atoms with Gasteiger partial charge in [0.05, 0.1) is 23.6 Å². The molecule has 8 heteroatoms. The van der Waals surface area contributed by atoms with E-state index < -0.39 is 5.97 Å². The van der Waals surface area contributed by atoms with Gasteiger partial charge in [0.15, 0.2) is 0 Å². The number of thiophene rings is 1. The second-order valence-corrected chi connectivity index (χ2v) is 8.55. The third kappa shape index (κ3) is 4.23. The summed E-state index contributed by atoms with van der Waals surface area (Å²) in [6.45, 7) is 6.06. The molecule has 28 heavy (non-hydrogen) atoms. The summed E-state index contributed by atoms with van der Waals surface area (Å²) in [7, 11) is 0. The molecule has 3 rings (SSSR count). The number of benzene rings is 1. The van der Waals surface area contributed by atoms with E-state index >= 15 is 0 Å². The fourth-order valence-corrected chi connectivity index (χ4v) is 4.97. The van der Waals surface area contributed by atoms with Gasteiger partial charge < -0.3 is 15.0 Å². The highest BCUT2D eigenvalue weighted by Gasteiger charge is 2.26. The van der Waals surface area contributed by atoms with Crippen molar-refractivity contribution in [2.45, 2.75) is 32.1 Å². The number of anilines is 2. The Balaban J connectivity index is 1.70. The molecule has 0 spiro atoms. The Morgan fingerprint density at radius 1 is 1.25 bits per heavy atom. The molecule has 1 aromatic carbocycles. The van der Waals surface area contributed by atoms with E-state index in [0.29, 0.717) is 22.9 Å². The van der Waals surface area contributed by atoms with Crippen molar-refractivity contribution in [2.75, 3.05) is 29.1 Å². The maximum Gasteiger partial charge on any atom is 0.341 e. The number of nitrogens with one attached hydrogen (secondary N) is 1. The lowest BCUT2D eigenvalue weighted by molar-refractivity contribution is -0.117. The van der Waals surface area contributed by atoms with Gasteiger partial charge in [-0.1, -0.05) is 12.1 Å². The Labute approximate surface area is 172 Å². The molecular formula is C20H22N2O4S2. The van der Waals surface area contributed by atoms with E-state index in [0.717, 1.165) is 21.0 Å². The number of carbonyl (C=O) groups excluding carboxylic acids is 3. The van der Waals surface area contributed by atoms with E-state index in [1.165, 1.54) is 23.1 Å². The molecule has 1 aliphatic heterocycles. The second-order valence-electron chi connectivity index (χ2n) is 6.31. The van der Waals surface area contributed by atoms with Crippen LogP contribution in [0.2, 0.25) is 0 Å². The van der Waals surface area contributed by atoms with E-state index in [-0.39, 0.29) is 24.8 Å². The highest BCUT2D eigenvalue weighted by atomic mass is 32.2. The first-order chi connectivity index (χ1) is 13.4. The van der Waals surface area contributed by atoms with Crippen molar-refractivity contribution < 1.29 is 19.1 Å². The van der Waals surface area contributed by atoms with Gasteiger partial charge in [-0.05, 0) is 38.5 Å². The number of fused-ring (bicyclic) bond motifs is 1. The van der Waals surface area contributed by atoms with E-state index in [9.17, 15) is 14.4 Å². The van der Waals surface area contributed by atoms with Gasteiger partial charge in [0, 0.05) is 22.7 Å². The zero-order valence-electron chi connectivity index (χ0n) is 16.0. The minimum atomic E-state index is -0.434. The molecule has 0 unspecified atom stereocenters. The van der Waals surface area contributed by atoms with E-state index in [2.05, 4.69) is 5.32 Å². The van der Waals surface area contributed by atoms with Crippen LogP contribution in [0.15, 0.2) is 29.2 Å². The third-order valence-electron chi connectivity index (χ3n) is 4.49. The number of rotatable bonds is 6. The molecule has 0 saturated carbocycles. The predicted octanol–water partition coefficient (Wildman–Crippen LogP) is 4.01. The van der Waals surface area contributed by atoms with Crippen molar-refractivity contribution in [3.63, 3.8) is 0 Å². The second kappa shape index (κ2) is 8.79. The average Bonchev–Trinajstić information content (AvgIpc) is 2.94. The predicted molar refractivity (Wildman–Crippen MR) is 113 cm³/mol. The summed E-state index contributed by atoms with van der Waals surface area (Å²) in [5, 5.41) is 3.32. The lowest BCUT2D eigenvalue weighted by Gasteiger charge is -2.28. The van der Waals surface area contributed by atoms with Crippen molar-refractivity contribution in [3.05, 3.63) is 40.3 Å². The molecule has 0 radical (unpaired) electrons. The number of hydrogen-bond donors (Lipinski definition) is 1. The summed E-state index contributed by atoms with van der Waals surface area (Å²) in [5.74, 6) is -0.312. The molecule has 148 valence electrons. The van der Waals surface area contributed by atoms with Gasteiger partial charge in [-0.15, -0.1) is 23.1 Å². The van der Waals surface area contributed by atoms with E-state index in [4.69, 9.17) is 4.74 Å². The summed E-state index contributed by atoms with van der Waals surface area (Å²) < 4.78 is 5.11. The van der Waals surface area contributed by atoms with Gasteiger partial charge in [-0.3, -0.25) is 9.59 Å². The molecular weight excluding hydrogens is 396 g/mol. The van der Waals surface area contributed by atoms with E-state index in [1.807, 2.05) is 38.1 Å². The molecule has 0 bridgehead atoms. The smallest absolute Gasteiger partial charge is 0.341 e. The normalized spacial score (nSPS) is 13.2. The maximum absolute atomic E-state index is 12.5. The average molecular weight is 419 g/mol. The molecule has 1 aliphatic rings. The number of thioether (sulfide) groups is 1. The molecule has 1 N–H and O–H groups in total. The molecule has 6 nitrogen and oxygen atoms in total. The minimum Gasteiger partial charge on any atom is -0.462 e. The van der Waals surface area contributed by atoms with Crippen LogP contribution >= 0.6 is 23.1 Å². The van der Waals surface area contributed by atoms with Crippen LogP contribution in [0.1, 0.15) is 34.1 Å². The molecule has 2 aromatic rings. The van der Waals surface area contributed by atoms with Gasteiger partial charge in [0.2, 0.25) is 11.8 Å². The standard InChI is InChI=1S/C20H22N2O4S2/c1-4-26-20(25)18-12(2)13(3)28-19(18)21-16(23)9-10-22-14-7-5-6-8-15(14)27-11-17(22)24/h5-8H,4,9-11H2,1-3H3,(H,21,23). The third-order valence-corrected chi connectivity index (χ3v) is 6.66. The number of aryl methyl sites for hydroxylation is 1.